The van der Waals surface area contributed by atoms with Crippen LogP contribution in [-0.4, -0.2) is 32.4 Å². The van der Waals surface area contributed by atoms with Crippen molar-refractivity contribution in [2.24, 2.45) is 0 Å². The summed E-state index contributed by atoms with van der Waals surface area (Å²) < 4.78 is 58.1. The largest absolute Gasteiger partial charge is 0.504 e. The monoisotopic (exact) mass is 552 g/mol. The number of halogens is 4. The van der Waals surface area contributed by atoms with Crippen LogP contribution < -0.4 is 4.74 Å². The summed E-state index contributed by atoms with van der Waals surface area (Å²) >= 11 is 0. The predicted molar refractivity (Wildman–Crippen MR) is 137 cm³/mol. The molecule has 4 rings (SSSR count). The first-order valence-corrected chi connectivity index (χ1v) is 12.3. The maximum Gasteiger partial charge on any atom is 0.504 e. The van der Waals surface area contributed by atoms with Crippen LogP contribution in [0, 0.1) is 24.1 Å². The molecule has 0 bridgehead atoms. The minimum atomic E-state index is -4.68. The summed E-state index contributed by atoms with van der Waals surface area (Å²) in [4.78, 5) is 15.5. The van der Waals surface area contributed by atoms with Crippen molar-refractivity contribution in [2.45, 2.75) is 38.9 Å². The highest BCUT2D eigenvalue weighted by Gasteiger charge is 2.32. The number of aromatic carboxylic acids is 1. The zero-order valence-corrected chi connectivity index (χ0v) is 21.4. The Morgan fingerprint density at radius 1 is 1.05 bits per heavy atom. The van der Waals surface area contributed by atoms with Gasteiger partial charge in [0.1, 0.15) is 23.3 Å². The average Bonchev–Trinajstić information content (AvgIpc) is 3.35. The standard InChI is InChI=1S/C29H24F4N4O3/c1-18-14-23(40-13-3-4-21-17-37(29(31,32)33)36-27(21)16-34)12-10-19(18)7-8-20-9-11-22(30)15-24(20)25-5-2-6-26(35-25)28(38)39/h2,5-6,9-12,14-15,17H,3-4,7-8,13H2,1H3,(H,38,39). The second-order valence-corrected chi connectivity index (χ2v) is 9.08. The molecule has 11 heteroatoms. The third-order valence-electron chi connectivity index (χ3n) is 6.31. The Morgan fingerprint density at radius 3 is 2.50 bits per heavy atom. The normalized spacial score (nSPS) is 11.3. The third-order valence-corrected chi connectivity index (χ3v) is 6.31. The molecule has 0 aliphatic rings. The number of benzene rings is 2. The molecule has 4 aromatic rings. The Bertz CT molecular complexity index is 1570. The van der Waals surface area contributed by atoms with E-state index in [2.05, 4.69) is 10.1 Å². The second kappa shape index (κ2) is 12.0. The third kappa shape index (κ3) is 6.83. The van der Waals surface area contributed by atoms with Gasteiger partial charge in [-0.25, -0.2) is 14.2 Å². The van der Waals surface area contributed by atoms with Crippen molar-refractivity contribution < 1.29 is 32.2 Å². The van der Waals surface area contributed by atoms with E-state index in [0.717, 1.165) is 22.9 Å². The van der Waals surface area contributed by atoms with E-state index >= 15 is 0 Å². The van der Waals surface area contributed by atoms with E-state index < -0.39 is 18.1 Å². The molecule has 0 spiro atoms. The van der Waals surface area contributed by atoms with Crippen LogP contribution >= 0.6 is 0 Å². The lowest BCUT2D eigenvalue weighted by Gasteiger charge is -2.13. The van der Waals surface area contributed by atoms with Gasteiger partial charge >= 0.3 is 12.3 Å². The number of nitriles is 1. The Labute approximate surface area is 227 Å². The highest BCUT2D eigenvalue weighted by atomic mass is 19.4. The molecule has 1 N–H and O–H groups in total. The molecule has 7 nitrogen and oxygen atoms in total. The molecule has 0 unspecified atom stereocenters. The van der Waals surface area contributed by atoms with Gasteiger partial charge in [0.05, 0.1) is 12.3 Å². The number of hydrogen-bond donors (Lipinski definition) is 1. The summed E-state index contributed by atoms with van der Waals surface area (Å²) in [5.74, 6) is -1.01. The van der Waals surface area contributed by atoms with Gasteiger partial charge in [0, 0.05) is 17.3 Å². The van der Waals surface area contributed by atoms with Crippen LogP contribution in [0.4, 0.5) is 17.6 Å². The first-order chi connectivity index (χ1) is 19.0. The summed E-state index contributed by atoms with van der Waals surface area (Å²) in [6.45, 7) is 2.17. The fraction of sp³-hybridized carbons (Fsp3) is 0.241. The maximum atomic E-state index is 14.1. The number of rotatable bonds is 10. The quantitative estimate of drug-likeness (QED) is 0.185. The molecule has 0 saturated carbocycles. The van der Waals surface area contributed by atoms with Crippen molar-refractivity contribution in [3.05, 3.63) is 100 Å². The lowest BCUT2D eigenvalue weighted by atomic mass is 9.95. The summed E-state index contributed by atoms with van der Waals surface area (Å²) in [5.41, 5.74) is 3.55. The summed E-state index contributed by atoms with van der Waals surface area (Å²) in [6.07, 6.45) is -2.07. The van der Waals surface area contributed by atoms with Crippen molar-refractivity contribution >= 4 is 5.97 Å². The zero-order valence-electron chi connectivity index (χ0n) is 21.4. The van der Waals surface area contributed by atoms with Gasteiger partial charge in [0.25, 0.3) is 0 Å². The molecule has 0 saturated heterocycles. The fourth-order valence-corrected chi connectivity index (χ4v) is 4.29. The van der Waals surface area contributed by atoms with Gasteiger partial charge in [0.15, 0.2) is 5.69 Å². The minimum Gasteiger partial charge on any atom is -0.494 e. The first kappa shape index (κ1) is 28.3. The zero-order chi connectivity index (χ0) is 28.9. The summed E-state index contributed by atoms with van der Waals surface area (Å²) in [5, 5.41) is 21.6. The van der Waals surface area contributed by atoms with Crippen molar-refractivity contribution in [2.75, 3.05) is 6.61 Å². The van der Waals surface area contributed by atoms with E-state index in [-0.39, 0.29) is 34.7 Å². The molecular formula is C29H24F4N4O3. The molecule has 2 aromatic carbocycles. The predicted octanol–water partition coefficient (Wildman–Crippen LogP) is 6.24. The van der Waals surface area contributed by atoms with E-state index in [1.165, 1.54) is 18.2 Å². The Morgan fingerprint density at radius 2 is 1.80 bits per heavy atom. The summed E-state index contributed by atoms with van der Waals surface area (Å²) in [6, 6.07) is 16.2. The number of hydrogen-bond acceptors (Lipinski definition) is 5. The van der Waals surface area contributed by atoms with Crippen LogP contribution in [0.1, 0.15) is 44.9 Å². The van der Waals surface area contributed by atoms with E-state index in [1.807, 2.05) is 19.1 Å². The van der Waals surface area contributed by atoms with Crippen LogP contribution in [-0.2, 0) is 25.6 Å². The van der Waals surface area contributed by atoms with Gasteiger partial charge in [-0.3, -0.25) is 0 Å². The molecule has 0 radical (unpaired) electrons. The Balaban J connectivity index is 1.37. The molecule has 0 fully saturated rings. The van der Waals surface area contributed by atoms with Crippen molar-refractivity contribution in [1.82, 2.24) is 14.8 Å². The van der Waals surface area contributed by atoms with Gasteiger partial charge in [-0.2, -0.15) is 15.0 Å². The van der Waals surface area contributed by atoms with Gasteiger partial charge in [-0.05, 0) is 85.7 Å². The van der Waals surface area contributed by atoms with Crippen molar-refractivity contribution in [3.8, 4) is 23.1 Å². The SMILES string of the molecule is Cc1cc(OCCCc2cn(C(F)(F)F)nc2C#N)ccc1CCc1ccc(F)cc1-c1cccc(C(=O)O)n1. The molecule has 2 aromatic heterocycles. The Kier molecular flexibility index (Phi) is 8.48. The number of carboxylic acid groups (broad SMARTS) is 1. The fourth-order valence-electron chi connectivity index (χ4n) is 4.29. The number of aromatic nitrogens is 3. The number of pyridine rings is 1. The van der Waals surface area contributed by atoms with Crippen molar-refractivity contribution in [3.63, 3.8) is 0 Å². The average molecular weight is 553 g/mol. The molecule has 206 valence electrons. The van der Waals surface area contributed by atoms with E-state index in [0.29, 0.717) is 36.3 Å². The highest BCUT2D eigenvalue weighted by Crippen LogP contribution is 2.27. The lowest BCUT2D eigenvalue weighted by Crippen LogP contribution is -2.17. The molecule has 0 aliphatic carbocycles. The molecule has 0 atom stereocenters. The van der Waals surface area contributed by atoms with Crippen LogP contribution in [0.5, 0.6) is 5.75 Å². The molecule has 0 amide bonds. The number of alkyl halides is 3. The number of ether oxygens (including phenoxy) is 1. The molecule has 0 aliphatic heterocycles. The van der Waals surface area contributed by atoms with Gasteiger partial charge < -0.3 is 9.84 Å². The molecule has 40 heavy (non-hydrogen) atoms. The maximum absolute atomic E-state index is 14.1. The first-order valence-electron chi connectivity index (χ1n) is 12.3. The molecular weight excluding hydrogens is 528 g/mol. The number of carboxylic acids is 1. The second-order valence-electron chi connectivity index (χ2n) is 9.08. The van der Waals surface area contributed by atoms with E-state index in [4.69, 9.17) is 10.00 Å². The van der Waals surface area contributed by atoms with Crippen molar-refractivity contribution in [1.29, 1.82) is 5.26 Å². The smallest absolute Gasteiger partial charge is 0.494 e. The van der Waals surface area contributed by atoms with Gasteiger partial charge in [-0.15, -0.1) is 13.2 Å². The van der Waals surface area contributed by atoms with Crippen LogP contribution in [0.2, 0.25) is 0 Å². The van der Waals surface area contributed by atoms with Crippen LogP contribution in [0.15, 0.2) is 60.8 Å². The van der Waals surface area contributed by atoms with Gasteiger partial charge in [0.2, 0.25) is 0 Å². The lowest BCUT2D eigenvalue weighted by molar-refractivity contribution is -0.212. The topological polar surface area (TPSA) is 101 Å². The number of aryl methyl sites for hydroxylation is 4. The van der Waals surface area contributed by atoms with Crippen LogP contribution in [0.3, 0.4) is 0 Å². The van der Waals surface area contributed by atoms with Gasteiger partial charge in [-0.1, -0.05) is 18.2 Å². The highest BCUT2D eigenvalue weighted by molar-refractivity contribution is 5.86. The number of nitrogens with zero attached hydrogens (tertiary/aromatic N) is 4. The molecule has 2 heterocycles. The minimum absolute atomic E-state index is 0.124. The number of carbonyl (C=O) groups is 1. The summed E-state index contributed by atoms with van der Waals surface area (Å²) in [7, 11) is 0. The van der Waals surface area contributed by atoms with E-state index in [1.54, 1.807) is 30.3 Å². The van der Waals surface area contributed by atoms with E-state index in [9.17, 15) is 27.5 Å². The Hall–Kier alpha value is -4.72. The van der Waals surface area contributed by atoms with Crippen LogP contribution in [0.25, 0.3) is 11.3 Å².